The summed E-state index contributed by atoms with van der Waals surface area (Å²) < 4.78 is 18.3. The molecule has 0 aliphatic rings. The van der Waals surface area contributed by atoms with Gasteiger partial charge in [-0.15, -0.1) is 0 Å². The zero-order chi connectivity index (χ0) is 17.7. The Kier molecular flexibility index (Phi) is 6.57. The van der Waals surface area contributed by atoms with E-state index >= 15 is 0 Å². The predicted octanol–water partition coefficient (Wildman–Crippen LogP) is 4.17. The molecule has 1 aromatic carbocycles. The van der Waals surface area contributed by atoms with Crippen molar-refractivity contribution in [1.29, 1.82) is 0 Å². The molecule has 0 fully saturated rings. The highest BCUT2D eigenvalue weighted by atomic mass is 19.1. The molecular weight excluding hydrogens is 295 g/mol. The number of alkyl carbamates (subject to hydrolysis) is 1. The Morgan fingerprint density at radius 3 is 2.22 bits per heavy atom. The van der Waals surface area contributed by atoms with Gasteiger partial charge in [0.05, 0.1) is 5.54 Å². The highest BCUT2D eigenvalue weighted by Crippen LogP contribution is 2.18. The number of ether oxygens (including phenoxy) is 1. The van der Waals surface area contributed by atoms with Crippen LogP contribution in [0.4, 0.5) is 9.18 Å². The van der Waals surface area contributed by atoms with E-state index in [4.69, 9.17) is 4.74 Å². The average Bonchev–Trinajstić information content (AvgIpc) is 2.38. The van der Waals surface area contributed by atoms with Crippen LogP contribution in [0.2, 0.25) is 0 Å². The summed E-state index contributed by atoms with van der Waals surface area (Å²) in [6.45, 7) is 12.0. The molecule has 0 heterocycles. The van der Waals surface area contributed by atoms with Crippen molar-refractivity contribution in [3.63, 3.8) is 0 Å². The van der Waals surface area contributed by atoms with E-state index in [1.54, 1.807) is 12.1 Å². The van der Waals surface area contributed by atoms with Gasteiger partial charge in [-0.25, -0.2) is 9.18 Å². The van der Waals surface area contributed by atoms with E-state index < -0.39 is 17.2 Å². The maximum Gasteiger partial charge on any atom is 0.408 e. The number of carbonyl (C=O) groups is 1. The van der Waals surface area contributed by atoms with E-state index in [9.17, 15) is 9.18 Å². The first-order valence-electron chi connectivity index (χ1n) is 8.02. The number of halogens is 1. The van der Waals surface area contributed by atoms with Crippen LogP contribution in [0.25, 0.3) is 0 Å². The molecule has 5 heteroatoms. The lowest BCUT2D eigenvalue weighted by molar-refractivity contribution is 0.0470. The summed E-state index contributed by atoms with van der Waals surface area (Å²) in [5, 5.41) is 6.29. The number of hydrogen-bond donors (Lipinski definition) is 2. The summed E-state index contributed by atoms with van der Waals surface area (Å²) in [5.41, 5.74) is 0.0469. The van der Waals surface area contributed by atoms with Crippen molar-refractivity contribution in [2.45, 2.75) is 65.1 Å². The third-order valence-electron chi connectivity index (χ3n) is 3.31. The number of hydrogen-bond acceptors (Lipinski definition) is 3. The van der Waals surface area contributed by atoms with Crippen molar-refractivity contribution in [3.8, 4) is 0 Å². The Morgan fingerprint density at radius 2 is 1.74 bits per heavy atom. The van der Waals surface area contributed by atoms with Gasteiger partial charge in [0, 0.05) is 12.6 Å². The van der Waals surface area contributed by atoms with Gasteiger partial charge >= 0.3 is 6.09 Å². The zero-order valence-electron chi connectivity index (χ0n) is 15.0. The van der Waals surface area contributed by atoms with E-state index in [0.717, 1.165) is 12.0 Å². The normalized spacial score (nSPS) is 13.5. The highest BCUT2D eigenvalue weighted by molar-refractivity contribution is 5.68. The Labute approximate surface area is 138 Å². The standard InChI is InChI=1S/C18H29FN2O2/c1-7-15(13-8-10-14(19)11-9-13)20-12-18(5,6)21-16(22)23-17(2,3)4/h8-11,15,20H,7,12H2,1-6H3,(H,21,22). The smallest absolute Gasteiger partial charge is 0.408 e. The second-order valence-electron chi connectivity index (χ2n) is 7.40. The van der Waals surface area contributed by atoms with Crippen molar-refractivity contribution >= 4 is 6.09 Å². The molecule has 0 aliphatic carbocycles. The minimum atomic E-state index is -0.520. The van der Waals surface area contributed by atoms with Gasteiger partial charge in [0.25, 0.3) is 0 Å². The predicted molar refractivity (Wildman–Crippen MR) is 90.9 cm³/mol. The first-order chi connectivity index (χ1) is 10.5. The second kappa shape index (κ2) is 7.77. The molecule has 1 rings (SSSR count). The fourth-order valence-electron chi connectivity index (χ4n) is 2.20. The molecule has 0 saturated heterocycles. The maximum atomic E-state index is 13.0. The Hall–Kier alpha value is -1.62. The van der Waals surface area contributed by atoms with Crippen LogP contribution in [0.15, 0.2) is 24.3 Å². The van der Waals surface area contributed by atoms with Crippen molar-refractivity contribution in [2.75, 3.05) is 6.54 Å². The Morgan fingerprint density at radius 1 is 1.17 bits per heavy atom. The maximum absolute atomic E-state index is 13.0. The minimum Gasteiger partial charge on any atom is -0.444 e. The van der Waals surface area contributed by atoms with E-state index in [1.165, 1.54) is 12.1 Å². The lowest BCUT2D eigenvalue weighted by Gasteiger charge is -2.30. The van der Waals surface area contributed by atoms with Gasteiger partial charge in [0.15, 0.2) is 0 Å². The Bertz CT molecular complexity index is 507. The first kappa shape index (κ1) is 19.4. The molecule has 0 radical (unpaired) electrons. The summed E-state index contributed by atoms with van der Waals surface area (Å²) in [6.07, 6.45) is 0.438. The van der Waals surface area contributed by atoms with Gasteiger partial charge in [-0.2, -0.15) is 0 Å². The van der Waals surface area contributed by atoms with E-state index in [0.29, 0.717) is 6.54 Å². The molecule has 130 valence electrons. The van der Waals surface area contributed by atoms with Crippen molar-refractivity contribution in [2.24, 2.45) is 0 Å². The van der Waals surface area contributed by atoms with Gasteiger partial charge in [-0.05, 0) is 58.7 Å². The number of rotatable bonds is 6. The number of nitrogens with one attached hydrogen (secondary N) is 2. The molecular formula is C18H29FN2O2. The molecule has 0 aromatic heterocycles. The number of benzene rings is 1. The molecule has 1 aromatic rings. The summed E-state index contributed by atoms with van der Waals surface area (Å²) in [6, 6.07) is 6.60. The van der Waals surface area contributed by atoms with Crippen molar-refractivity contribution in [3.05, 3.63) is 35.6 Å². The van der Waals surface area contributed by atoms with Crippen LogP contribution in [-0.2, 0) is 4.74 Å². The molecule has 1 unspecified atom stereocenters. The third kappa shape index (κ3) is 7.46. The van der Waals surface area contributed by atoms with Crippen LogP contribution in [0, 0.1) is 5.82 Å². The Balaban J connectivity index is 2.59. The van der Waals surface area contributed by atoms with Crippen LogP contribution in [-0.4, -0.2) is 23.8 Å². The summed E-state index contributed by atoms with van der Waals surface area (Å²) >= 11 is 0. The molecule has 0 bridgehead atoms. The van der Waals surface area contributed by atoms with Gasteiger partial charge in [0.1, 0.15) is 11.4 Å². The highest BCUT2D eigenvalue weighted by Gasteiger charge is 2.25. The van der Waals surface area contributed by atoms with Gasteiger partial charge in [-0.1, -0.05) is 19.1 Å². The lowest BCUT2D eigenvalue weighted by atomic mass is 10.0. The lowest BCUT2D eigenvalue weighted by Crippen LogP contribution is -2.52. The first-order valence-corrected chi connectivity index (χ1v) is 8.02. The fraction of sp³-hybridized carbons (Fsp3) is 0.611. The fourth-order valence-corrected chi connectivity index (χ4v) is 2.20. The van der Waals surface area contributed by atoms with Crippen LogP contribution < -0.4 is 10.6 Å². The number of amides is 1. The van der Waals surface area contributed by atoms with E-state index in [2.05, 4.69) is 17.6 Å². The largest absolute Gasteiger partial charge is 0.444 e. The van der Waals surface area contributed by atoms with Crippen molar-refractivity contribution < 1.29 is 13.9 Å². The number of carbonyl (C=O) groups excluding carboxylic acids is 1. The summed E-state index contributed by atoms with van der Waals surface area (Å²) in [4.78, 5) is 11.9. The molecule has 0 saturated carbocycles. The van der Waals surface area contributed by atoms with Crippen LogP contribution in [0.1, 0.15) is 59.6 Å². The minimum absolute atomic E-state index is 0.107. The SMILES string of the molecule is CCC(NCC(C)(C)NC(=O)OC(C)(C)C)c1ccc(F)cc1. The molecule has 0 spiro atoms. The summed E-state index contributed by atoms with van der Waals surface area (Å²) in [5.74, 6) is -0.240. The quantitative estimate of drug-likeness (QED) is 0.826. The van der Waals surface area contributed by atoms with Gasteiger partial charge in [-0.3, -0.25) is 0 Å². The molecule has 4 nitrogen and oxygen atoms in total. The van der Waals surface area contributed by atoms with Crippen molar-refractivity contribution in [1.82, 2.24) is 10.6 Å². The zero-order valence-corrected chi connectivity index (χ0v) is 15.0. The van der Waals surface area contributed by atoms with Crippen LogP contribution in [0.5, 0.6) is 0 Å². The third-order valence-corrected chi connectivity index (χ3v) is 3.31. The monoisotopic (exact) mass is 324 g/mol. The molecule has 2 N–H and O–H groups in total. The average molecular weight is 324 g/mol. The topological polar surface area (TPSA) is 50.4 Å². The molecule has 23 heavy (non-hydrogen) atoms. The molecule has 1 amide bonds. The summed E-state index contributed by atoms with van der Waals surface area (Å²) in [7, 11) is 0. The van der Waals surface area contributed by atoms with Crippen LogP contribution in [0.3, 0.4) is 0 Å². The molecule has 1 atom stereocenters. The van der Waals surface area contributed by atoms with Gasteiger partial charge < -0.3 is 15.4 Å². The second-order valence-corrected chi connectivity index (χ2v) is 7.40. The van der Waals surface area contributed by atoms with Gasteiger partial charge in [0.2, 0.25) is 0 Å². The van der Waals surface area contributed by atoms with E-state index in [-0.39, 0.29) is 11.9 Å². The molecule has 0 aliphatic heterocycles. The van der Waals surface area contributed by atoms with E-state index in [1.807, 2.05) is 34.6 Å². The van der Waals surface area contributed by atoms with Crippen LogP contribution >= 0.6 is 0 Å².